The Morgan fingerprint density at radius 2 is 1.95 bits per heavy atom. The normalized spacial score (nSPS) is 10.5. The molecule has 1 amide bonds. The highest BCUT2D eigenvalue weighted by Gasteiger charge is 2.01. The lowest BCUT2D eigenvalue weighted by Gasteiger charge is -2.11. The van der Waals surface area contributed by atoms with Crippen LogP contribution in [0.2, 0.25) is 0 Å². The van der Waals surface area contributed by atoms with Gasteiger partial charge in [-0.3, -0.25) is 4.79 Å². The number of ether oxygens (including phenoxy) is 1. The Balaban J connectivity index is 2.16. The fourth-order valence-corrected chi connectivity index (χ4v) is 1.59. The van der Waals surface area contributed by atoms with Gasteiger partial charge in [0, 0.05) is 13.1 Å². The summed E-state index contributed by atoms with van der Waals surface area (Å²) in [6, 6.07) is 7.99. The fourth-order valence-electron chi connectivity index (χ4n) is 1.59. The molecule has 0 saturated heterocycles. The largest absolute Gasteiger partial charge is 0.493 e. The first kappa shape index (κ1) is 15.5. The summed E-state index contributed by atoms with van der Waals surface area (Å²) in [7, 11) is 3.96. The van der Waals surface area contributed by atoms with Crippen molar-refractivity contribution < 1.29 is 9.53 Å². The molecule has 0 spiro atoms. The van der Waals surface area contributed by atoms with Crippen LogP contribution in [0, 0.1) is 0 Å². The molecule has 4 nitrogen and oxygen atoms in total. The minimum atomic E-state index is 0.0343. The Morgan fingerprint density at radius 1 is 1.26 bits per heavy atom. The van der Waals surface area contributed by atoms with Gasteiger partial charge in [0.15, 0.2) is 0 Å². The average Bonchev–Trinajstić information content (AvgIpc) is 2.39. The monoisotopic (exact) mass is 264 g/mol. The first-order valence-corrected chi connectivity index (χ1v) is 6.75. The molecule has 0 bridgehead atoms. The number of nitrogens with zero attached hydrogens (tertiary/aromatic N) is 1. The summed E-state index contributed by atoms with van der Waals surface area (Å²) in [6.45, 7) is 4.06. The maximum atomic E-state index is 11.5. The zero-order chi connectivity index (χ0) is 14.1. The summed E-state index contributed by atoms with van der Waals surface area (Å²) in [6.07, 6.45) is 1.41. The van der Waals surface area contributed by atoms with E-state index in [1.807, 2.05) is 43.3 Å². The lowest BCUT2D eigenvalue weighted by molar-refractivity contribution is -0.121. The summed E-state index contributed by atoms with van der Waals surface area (Å²) in [5.74, 6) is 0.852. The summed E-state index contributed by atoms with van der Waals surface area (Å²) >= 11 is 0. The second-order valence-electron chi connectivity index (χ2n) is 4.75. The number of nitrogens with one attached hydrogen (secondary N) is 1. The third-order valence-electron chi connectivity index (χ3n) is 2.81. The molecule has 0 unspecified atom stereocenters. The highest BCUT2D eigenvalue weighted by molar-refractivity contribution is 5.75. The maximum absolute atomic E-state index is 11.5. The third kappa shape index (κ3) is 6.82. The molecule has 0 aliphatic heterocycles. The summed E-state index contributed by atoms with van der Waals surface area (Å²) in [5.41, 5.74) is 1.29. The van der Waals surface area contributed by atoms with Crippen LogP contribution in [0.4, 0.5) is 0 Å². The first-order chi connectivity index (χ1) is 9.11. The molecule has 0 aliphatic carbocycles. The van der Waals surface area contributed by atoms with Crippen molar-refractivity contribution in [3.05, 3.63) is 29.8 Å². The van der Waals surface area contributed by atoms with Crippen molar-refractivity contribution in [2.45, 2.75) is 19.8 Å². The van der Waals surface area contributed by atoms with Crippen LogP contribution in [0.1, 0.15) is 18.9 Å². The molecule has 0 saturated carbocycles. The average molecular weight is 264 g/mol. The molecule has 0 aliphatic rings. The van der Waals surface area contributed by atoms with E-state index in [4.69, 9.17) is 4.74 Å². The van der Waals surface area contributed by atoms with E-state index in [2.05, 4.69) is 12.2 Å². The van der Waals surface area contributed by atoms with Gasteiger partial charge in [-0.1, -0.05) is 19.1 Å². The summed E-state index contributed by atoms with van der Waals surface area (Å²) in [5, 5.41) is 2.86. The van der Waals surface area contributed by atoms with Crippen LogP contribution < -0.4 is 10.1 Å². The molecule has 0 aromatic heterocycles. The molecule has 4 heteroatoms. The third-order valence-corrected chi connectivity index (χ3v) is 2.81. The Labute approximate surface area is 115 Å². The number of benzene rings is 1. The van der Waals surface area contributed by atoms with Crippen molar-refractivity contribution in [2.24, 2.45) is 0 Å². The number of aryl methyl sites for hydroxylation is 1. The minimum Gasteiger partial charge on any atom is -0.493 e. The predicted octanol–water partition coefficient (Wildman–Crippen LogP) is 1.70. The Kier molecular flexibility index (Phi) is 6.97. The van der Waals surface area contributed by atoms with E-state index in [0.29, 0.717) is 19.6 Å². The van der Waals surface area contributed by atoms with Gasteiger partial charge < -0.3 is 15.0 Å². The Bertz CT molecular complexity index is 374. The molecule has 1 aromatic carbocycles. The van der Waals surface area contributed by atoms with Gasteiger partial charge in [0.25, 0.3) is 0 Å². The van der Waals surface area contributed by atoms with Crippen LogP contribution in [0.25, 0.3) is 0 Å². The molecule has 0 radical (unpaired) electrons. The van der Waals surface area contributed by atoms with Gasteiger partial charge in [-0.25, -0.2) is 0 Å². The van der Waals surface area contributed by atoms with Gasteiger partial charge in [-0.2, -0.15) is 0 Å². The van der Waals surface area contributed by atoms with Crippen LogP contribution in [-0.4, -0.2) is 44.6 Å². The van der Waals surface area contributed by atoms with Crippen LogP contribution in [0.3, 0.4) is 0 Å². The highest BCUT2D eigenvalue weighted by Crippen LogP contribution is 2.12. The number of hydrogen-bond donors (Lipinski definition) is 1. The summed E-state index contributed by atoms with van der Waals surface area (Å²) in [4.78, 5) is 13.5. The van der Waals surface area contributed by atoms with Crippen LogP contribution >= 0.6 is 0 Å². The molecular weight excluding hydrogens is 240 g/mol. The van der Waals surface area contributed by atoms with E-state index in [-0.39, 0.29) is 5.91 Å². The second kappa shape index (κ2) is 8.53. The van der Waals surface area contributed by atoms with Gasteiger partial charge in [-0.15, -0.1) is 0 Å². The predicted molar refractivity (Wildman–Crippen MR) is 77.5 cm³/mol. The maximum Gasteiger partial charge on any atom is 0.223 e. The molecule has 19 heavy (non-hydrogen) atoms. The fraction of sp³-hybridized carbons (Fsp3) is 0.533. The van der Waals surface area contributed by atoms with E-state index in [0.717, 1.165) is 18.7 Å². The number of carbonyl (C=O) groups excluding carboxylic acids is 1. The molecule has 1 rings (SSSR count). The van der Waals surface area contributed by atoms with Gasteiger partial charge in [0.2, 0.25) is 5.91 Å². The van der Waals surface area contributed by atoms with Gasteiger partial charge in [0.05, 0.1) is 13.0 Å². The van der Waals surface area contributed by atoms with Gasteiger partial charge >= 0.3 is 0 Å². The van der Waals surface area contributed by atoms with E-state index >= 15 is 0 Å². The van der Waals surface area contributed by atoms with E-state index < -0.39 is 0 Å². The molecule has 1 aromatic rings. The molecule has 0 fully saturated rings. The van der Waals surface area contributed by atoms with Crippen molar-refractivity contribution >= 4 is 5.91 Å². The number of carbonyl (C=O) groups is 1. The zero-order valence-electron chi connectivity index (χ0n) is 12.1. The molecule has 1 N–H and O–H groups in total. The topological polar surface area (TPSA) is 41.6 Å². The quantitative estimate of drug-likeness (QED) is 0.777. The van der Waals surface area contributed by atoms with Crippen LogP contribution in [-0.2, 0) is 11.2 Å². The van der Waals surface area contributed by atoms with Crippen molar-refractivity contribution in [3.8, 4) is 5.75 Å². The molecule has 0 atom stereocenters. The summed E-state index contributed by atoms with van der Waals surface area (Å²) < 4.78 is 5.53. The first-order valence-electron chi connectivity index (χ1n) is 6.75. The van der Waals surface area contributed by atoms with Crippen molar-refractivity contribution in [1.29, 1.82) is 0 Å². The lowest BCUT2D eigenvalue weighted by atomic mass is 10.2. The number of hydrogen-bond acceptors (Lipinski definition) is 3. The van der Waals surface area contributed by atoms with Crippen LogP contribution in [0.15, 0.2) is 24.3 Å². The Hall–Kier alpha value is -1.55. The minimum absolute atomic E-state index is 0.0343. The van der Waals surface area contributed by atoms with Gasteiger partial charge in [0.1, 0.15) is 5.75 Å². The van der Waals surface area contributed by atoms with Crippen LogP contribution in [0.5, 0.6) is 5.75 Å². The van der Waals surface area contributed by atoms with Crippen molar-refractivity contribution in [2.75, 3.05) is 33.8 Å². The SMILES string of the molecule is CCc1ccc(OCCC(=O)NCCN(C)C)cc1. The molecule has 106 valence electrons. The van der Waals surface area contributed by atoms with Gasteiger partial charge in [-0.05, 0) is 38.2 Å². The number of amides is 1. The number of rotatable bonds is 8. The van der Waals surface area contributed by atoms with E-state index in [9.17, 15) is 4.79 Å². The Morgan fingerprint density at radius 3 is 2.53 bits per heavy atom. The van der Waals surface area contributed by atoms with Crippen molar-refractivity contribution in [1.82, 2.24) is 10.2 Å². The van der Waals surface area contributed by atoms with E-state index in [1.54, 1.807) is 0 Å². The molecular formula is C15H24N2O2. The smallest absolute Gasteiger partial charge is 0.223 e. The zero-order valence-corrected chi connectivity index (χ0v) is 12.1. The second-order valence-corrected chi connectivity index (χ2v) is 4.75. The highest BCUT2D eigenvalue weighted by atomic mass is 16.5. The lowest BCUT2D eigenvalue weighted by Crippen LogP contribution is -2.32. The van der Waals surface area contributed by atoms with E-state index in [1.165, 1.54) is 5.56 Å². The molecule has 0 heterocycles. The number of likely N-dealkylation sites (N-methyl/N-ethyl adjacent to an activating group) is 1. The van der Waals surface area contributed by atoms with Crippen molar-refractivity contribution in [3.63, 3.8) is 0 Å². The standard InChI is InChI=1S/C15H24N2O2/c1-4-13-5-7-14(8-6-13)19-12-9-15(18)16-10-11-17(2)3/h5-8H,4,9-12H2,1-3H3,(H,16,18).